The number of thiazole rings is 1. The zero-order valence-corrected chi connectivity index (χ0v) is 11.6. The Morgan fingerprint density at radius 1 is 1.40 bits per heavy atom. The van der Waals surface area contributed by atoms with E-state index in [1.165, 1.54) is 11.3 Å². The van der Waals surface area contributed by atoms with Gasteiger partial charge in [0.05, 0.1) is 6.07 Å². The van der Waals surface area contributed by atoms with Gasteiger partial charge in [-0.25, -0.2) is 4.98 Å². The number of carbonyl (C=O) groups is 1. The maximum Gasteiger partial charge on any atom is 0.274 e. The second kappa shape index (κ2) is 5.43. The molecule has 1 fully saturated rings. The van der Waals surface area contributed by atoms with Gasteiger partial charge in [-0.15, -0.1) is 11.3 Å². The number of benzene rings is 1. The summed E-state index contributed by atoms with van der Waals surface area (Å²) in [5.74, 6) is -0.132. The first-order valence-corrected chi connectivity index (χ1v) is 7.36. The van der Waals surface area contributed by atoms with Crippen molar-refractivity contribution < 1.29 is 4.79 Å². The quantitative estimate of drug-likeness (QED) is 0.811. The molecule has 1 saturated carbocycles. The fraction of sp³-hybridized carbons (Fsp3) is 0.267. The molecule has 1 amide bonds. The standard InChI is InChI=1S/C15H13N3OS/c16-8-9-18(12-6-7-12)15(19)13-10-20-14(17-13)11-4-2-1-3-5-11/h1-5,10,12H,6-7,9H2. The zero-order chi connectivity index (χ0) is 13.9. The first-order chi connectivity index (χ1) is 9.79. The monoisotopic (exact) mass is 283 g/mol. The second-order valence-electron chi connectivity index (χ2n) is 4.73. The van der Waals surface area contributed by atoms with Crippen molar-refractivity contribution in [2.45, 2.75) is 18.9 Å². The van der Waals surface area contributed by atoms with Crippen LogP contribution in [0.4, 0.5) is 0 Å². The van der Waals surface area contributed by atoms with Crippen LogP contribution in [0, 0.1) is 11.3 Å². The highest BCUT2D eigenvalue weighted by Crippen LogP contribution is 2.29. The van der Waals surface area contributed by atoms with E-state index in [2.05, 4.69) is 11.1 Å². The number of nitriles is 1. The van der Waals surface area contributed by atoms with E-state index in [-0.39, 0.29) is 18.5 Å². The van der Waals surface area contributed by atoms with Crippen LogP contribution in [-0.4, -0.2) is 28.4 Å². The normalized spacial score (nSPS) is 13.8. The molecular formula is C15H13N3OS. The minimum absolute atomic E-state index is 0.132. The highest BCUT2D eigenvalue weighted by Gasteiger charge is 2.33. The van der Waals surface area contributed by atoms with E-state index in [1.807, 2.05) is 30.3 Å². The Morgan fingerprint density at radius 3 is 2.80 bits per heavy atom. The molecule has 0 atom stereocenters. The van der Waals surface area contributed by atoms with Gasteiger partial charge in [-0.1, -0.05) is 30.3 Å². The number of aromatic nitrogens is 1. The molecule has 4 nitrogen and oxygen atoms in total. The Morgan fingerprint density at radius 2 is 2.15 bits per heavy atom. The van der Waals surface area contributed by atoms with Crippen molar-refractivity contribution in [3.63, 3.8) is 0 Å². The van der Waals surface area contributed by atoms with Gasteiger partial charge in [-0.3, -0.25) is 4.79 Å². The highest BCUT2D eigenvalue weighted by molar-refractivity contribution is 7.13. The number of rotatable bonds is 4. The molecule has 100 valence electrons. The van der Waals surface area contributed by atoms with Crippen molar-refractivity contribution in [1.29, 1.82) is 5.26 Å². The lowest BCUT2D eigenvalue weighted by molar-refractivity contribution is 0.0760. The lowest BCUT2D eigenvalue weighted by atomic mass is 10.2. The number of amides is 1. The largest absolute Gasteiger partial charge is 0.321 e. The maximum absolute atomic E-state index is 12.4. The molecule has 0 radical (unpaired) electrons. The van der Waals surface area contributed by atoms with Crippen molar-refractivity contribution in [2.75, 3.05) is 6.54 Å². The first kappa shape index (κ1) is 12.8. The lowest BCUT2D eigenvalue weighted by Crippen LogP contribution is -2.33. The van der Waals surface area contributed by atoms with E-state index in [0.717, 1.165) is 23.4 Å². The summed E-state index contributed by atoms with van der Waals surface area (Å²) in [5, 5.41) is 11.4. The Kier molecular flexibility index (Phi) is 3.48. The molecule has 3 rings (SSSR count). The third-order valence-corrected chi connectivity index (χ3v) is 4.12. The molecule has 0 spiro atoms. The number of hydrogen-bond donors (Lipinski definition) is 0. The Hall–Kier alpha value is -2.19. The van der Waals surface area contributed by atoms with E-state index in [4.69, 9.17) is 5.26 Å². The molecule has 1 heterocycles. The van der Waals surface area contributed by atoms with E-state index in [9.17, 15) is 4.79 Å². The van der Waals surface area contributed by atoms with E-state index in [0.29, 0.717) is 5.69 Å². The third-order valence-electron chi connectivity index (χ3n) is 3.23. The molecule has 0 unspecified atom stereocenters. The van der Waals surface area contributed by atoms with Crippen molar-refractivity contribution >= 4 is 17.2 Å². The van der Waals surface area contributed by atoms with Gasteiger partial charge in [0, 0.05) is 17.0 Å². The van der Waals surface area contributed by atoms with Crippen LogP contribution in [-0.2, 0) is 0 Å². The molecule has 1 aliphatic rings. The number of hydrogen-bond acceptors (Lipinski definition) is 4. The highest BCUT2D eigenvalue weighted by atomic mass is 32.1. The molecule has 2 aromatic rings. The van der Waals surface area contributed by atoms with Crippen molar-refractivity contribution in [2.24, 2.45) is 0 Å². The summed E-state index contributed by atoms with van der Waals surface area (Å²) in [6.45, 7) is 0.141. The maximum atomic E-state index is 12.4. The summed E-state index contributed by atoms with van der Waals surface area (Å²) < 4.78 is 0. The molecule has 5 heteroatoms. The van der Waals surface area contributed by atoms with Gasteiger partial charge in [0.1, 0.15) is 17.2 Å². The van der Waals surface area contributed by atoms with E-state index < -0.39 is 0 Å². The van der Waals surface area contributed by atoms with Gasteiger partial charge in [-0.2, -0.15) is 5.26 Å². The fourth-order valence-electron chi connectivity index (χ4n) is 2.06. The summed E-state index contributed by atoms with van der Waals surface area (Å²) in [5.41, 5.74) is 1.45. The van der Waals surface area contributed by atoms with Gasteiger partial charge >= 0.3 is 0 Å². The predicted molar refractivity (Wildman–Crippen MR) is 77.2 cm³/mol. The molecule has 1 aromatic carbocycles. The van der Waals surface area contributed by atoms with Crippen LogP contribution in [0.3, 0.4) is 0 Å². The van der Waals surface area contributed by atoms with Crippen LogP contribution in [0.5, 0.6) is 0 Å². The molecular weight excluding hydrogens is 270 g/mol. The summed E-state index contributed by atoms with van der Waals surface area (Å²) in [7, 11) is 0. The average molecular weight is 283 g/mol. The third kappa shape index (κ3) is 2.56. The molecule has 20 heavy (non-hydrogen) atoms. The summed E-state index contributed by atoms with van der Waals surface area (Å²) >= 11 is 1.46. The lowest BCUT2D eigenvalue weighted by Gasteiger charge is -2.17. The summed E-state index contributed by atoms with van der Waals surface area (Å²) in [6, 6.07) is 12.1. The number of nitrogens with zero attached hydrogens (tertiary/aromatic N) is 3. The van der Waals surface area contributed by atoms with Crippen LogP contribution < -0.4 is 0 Å². The Labute approximate surface area is 121 Å². The topological polar surface area (TPSA) is 57.0 Å². The summed E-state index contributed by atoms with van der Waals surface area (Å²) in [6.07, 6.45) is 1.98. The van der Waals surface area contributed by atoms with Gasteiger partial charge < -0.3 is 4.90 Å². The molecule has 0 aliphatic heterocycles. The molecule has 1 aromatic heterocycles. The van der Waals surface area contributed by atoms with E-state index >= 15 is 0 Å². The van der Waals surface area contributed by atoms with Crippen LogP contribution >= 0.6 is 11.3 Å². The van der Waals surface area contributed by atoms with Crippen LogP contribution in [0.25, 0.3) is 10.6 Å². The Bertz CT molecular complexity index is 655. The molecule has 1 aliphatic carbocycles. The van der Waals surface area contributed by atoms with Gasteiger partial charge in [-0.05, 0) is 12.8 Å². The van der Waals surface area contributed by atoms with Gasteiger partial charge in [0.25, 0.3) is 5.91 Å². The van der Waals surface area contributed by atoms with Crippen molar-refractivity contribution in [3.05, 3.63) is 41.4 Å². The van der Waals surface area contributed by atoms with Crippen LogP contribution in [0.15, 0.2) is 35.7 Å². The zero-order valence-electron chi connectivity index (χ0n) is 10.8. The van der Waals surface area contributed by atoms with Crippen molar-refractivity contribution in [3.8, 4) is 16.6 Å². The van der Waals surface area contributed by atoms with Crippen LogP contribution in [0.1, 0.15) is 23.3 Å². The summed E-state index contributed by atoms with van der Waals surface area (Å²) in [4.78, 5) is 18.4. The van der Waals surface area contributed by atoms with Crippen LogP contribution in [0.2, 0.25) is 0 Å². The second-order valence-corrected chi connectivity index (χ2v) is 5.58. The fourth-order valence-corrected chi connectivity index (χ4v) is 2.86. The molecule has 0 bridgehead atoms. The molecule has 0 N–H and O–H groups in total. The van der Waals surface area contributed by atoms with E-state index in [1.54, 1.807) is 10.3 Å². The van der Waals surface area contributed by atoms with Gasteiger partial charge in [0.2, 0.25) is 0 Å². The predicted octanol–water partition coefficient (Wildman–Crippen LogP) is 2.94. The first-order valence-electron chi connectivity index (χ1n) is 6.48. The minimum atomic E-state index is -0.132. The van der Waals surface area contributed by atoms with Crippen molar-refractivity contribution in [1.82, 2.24) is 9.88 Å². The minimum Gasteiger partial charge on any atom is -0.321 e. The van der Waals surface area contributed by atoms with Gasteiger partial charge in [0.15, 0.2) is 0 Å². The molecule has 0 saturated heterocycles. The Balaban J connectivity index is 1.83. The number of carbonyl (C=O) groups excluding carboxylic acids is 1. The average Bonchev–Trinajstić information content (AvgIpc) is 3.21. The smallest absolute Gasteiger partial charge is 0.274 e. The SMILES string of the molecule is N#CCN(C(=O)c1csc(-c2ccccc2)n1)C1CC1.